The highest BCUT2D eigenvalue weighted by molar-refractivity contribution is 8.00. The molecule has 0 radical (unpaired) electrons. The number of rotatable bonds is 7. The highest BCUT2D eigenvalue weighted by Gasteiger charge is 2.11. The van der Waals surface area contributed by atoms with Gasteiger partial charge in [-0.3, -0.25) is 9.59 Å². The molecular formula is C14H18Cl2N2O2S. The SMILES string of the molecule is CCN(CC)C(=O)CSCC(=O)Nc1ccc(Cl)cc1Cl. The number of anilines is 1. The minimum absolute atomic E-state index is 0.0438. The lowest BCUT2D eigenvalue weighted by molar-refractivity contribution is -0.127. The van der Waals surface area contributed by atoms with Gasteiger partial charge in [-0.15, -0.1) is 11.8 Å². The molecule has 1 N–H and O–H groups in total. The lowest BCUT2D eigenvalue weighted by Crippen LogP contribution is -2.32. The highest BCUT2D eigenvalue weighted by atomic mass is 35.5. The zero-order valence-electron chi connectivity index (χ0n) is 12.0. The van der Waals surface area contributed by atoms with Crippen LogP contribution in [0.15, 0.2) is 18.2 Å². The van der Waals surface area contributed by atoms with Gasteiger partial charge < -0.3 is 10.2 Å². The second kappa shape index (κ2) is 9.18. The van der Waals surface area contributed by atoms with E-state index >= 15 is 0 Å². The molecule has 0 saturated heterocycles. The molecule has 1 aromatic rings. The summed E-state index contributed by atoms with van der Waals surface area (Å²) in [7, 11) is 0. The summed E-state index contributed by atoms with van der Waals surface area (Å²) < 4.78 is 0. The average molecular weight is 349 g/mol. The number of halogens is 2. The Morgan fingerprint density at radius 2 is 1.86 bits per heavy atom. The molecule has 0 heterocycles. The Bertz CT molecular complexity index is 508. The van der Waals surface area contributed by atoms with Gasteiger partial charge in [0, 0.05) is 18.1 Å². The number of nitrogens with zero attached hydrogens (tertiary/aromatic N) is 1. The minimum Gasteiger partial charge on any atom is -0.343 e. The number of hydrogen-bond donors (Lipinski definition) is 1. The molecule has 0 fully saturated rings. The molecule has 0 aliphatic carbocycles. The van der Waals surface area contributed by atoms with Gasteiger partial charge in [-0.2, -0.15) is 0 Å². The van der Waals surface area contributed by atoms with Crippen LogP contribution in [0.1, 0.15) is 13.8 Å². The van der Waals surface area contributed by atoms with Crippen molar-refractivity contribution in [3.63, 3.8) is 0 Å². The third-order valence-corrected chi connectivity index (χ3v) is 4.25. The van der Waals surface area contributed by atoms with E-state index in [1.807, 2.05) is 13.8 Å². The Hall–Kier alpha value is -0.910. The lowest BCUT2D eigenvalue weighted by atomic mass is 10.3. The Balaban J connectivity index is 2.39. The van der Waals surface area contributed by atoms with Gasteiger partial charge in [-0.25, -0.2) is 0 Å². The zero-order chi connectivity index (χ0) is 15.8. The molecule has 0 unspecified atom stereocenters. The number of carbonyl (C=O) groups excluding carboxylic acids is 2. The number of nitrogens with one attached hydrogen (secondary N) is 1. The van der Waals surface area contributed by atoms with Crippen molar-refractivity contribution in [1.29, 1.82) is 0 Å². The van der Waals surface area contributed by atoms with Crippen molar-refractivity contribution in [2.75, 3.05) is 29.9 Å². The van der Waals surface area contributed by atoms with Crippen LogP contribution < -0.4 is 5.32 Å². The summed E-state index contributed by atoms with van der Waals surface area (Å²) in [6.45, 7) is 5.23. The third kappa shape index (κ3) is 6.16. The van der Waals surface area contributed by atoms with Crippen molar-refractivity contribution in [3.8, 4) is 0 Å². The third-order valence-electron chi connectivity index (χ3n) is 2.78. The van der Waals surface area contributed by atoms with Crippen LogP contribution in [0.25, 0.3) is 0 Å². The number of benzene rings is 1. The average Bonchev–Trinajstić information content (AvgIpc) is 2.43. The van der Waals surface area contributed by atoms with Crippen molar-refractivity contribution in [3.05, 3.63) is 28.2 Å². The summed E-state index contributed by atoms with van der Waals surface area (Å²) in [6.07, 6.45) is 0. The molecule has 116 valence electrons. The van der Waals surface area contributed by atoms with Gasteiger partial charge in [0.25, 0.3) is 0 Å². The van der Waals surface area contributed by atoms with E-state index in [1.165, 1.54) is 11.8 Å². The first-order valence-corrected chi connectivity index (χ1v) is 8.49. The number of carbonyl (C=O) groups is 2. The minimum atomic E-state index is -0.198. The molecule has 0 bridgehead atoms. The lowest BCUT2D eigenvalue weighted by Gasteiger charge is -2.18. The normalized spacial score (nSPS) is 10.3. The summed E-state index contributed by atoms with van der Waals surface area (Å²) in [5, 5.41) is 3.59. The maximum Gasteiger partial charge on any atom is 0.234 e. The van der Waals surface area contributed by atoms with E-state index in [1.54, 1.807) is 23.1 Å². The van der Waals surface area contributed by atoms with Crippen molar-refractivity contribution >= 4 is 52.5 Å². The number of thioether (sulfide) groups is 1. The van der Waals surface area contributed by atoms with Crippen LogP contribution in [0, 0.1) is 0 Å². The van der Waals surface area contributed by atoms with E-state index in [0.717, 1.165) is 0 Å². The standard InChI is InChI=1S/C14H18Cl2N2O2S/c1-3-18(4-2)14(20)9-21-8-13(19)17-12-6-5-10(15)7-11(12)16/h5-7H,3-4,8-9H2,1-2H3,(H,17,19). The van der Waals surface area contributed by atoms with Crippen LogP contribution in [0.3, 0.4) is 0 Å². The fraction of sp³-hybridized carbons (Fsp3) is 0.429. The Kier molecular flexibility index (Phi) is 7.93. The molecule has 0 atom stereocenters. The van der Waals surface area contributed by atoms with Gasteiger partial charge in [0.1, 0.15) is 0 Å². The predicted molar refractivity (Wildman–Crippen MR) is 90.3 cm³/mol. The number of hydrogen-bond acceptors (Lipinski definition) is 3. The van der Waals surface area contributed by atoms with Gasteiger partial charge in [-0.1, -0.05) is 23.2 Å². The molecule has 0 aliphatic rings. The van der Waals surface area contributed by atoms with Crippen LogP contribution in [0.2, 0.25) is 10.0 Å². The van der Waals surface area contributed by atoms with Gasteiger partial charge in [0.2, 0.25) is 11.8 Å². The second-order valence-corrected chi connectivity index (χ2v) is 6.06. The molecule has 1 aromatic carbocycles. The molecule has 21 heavy (non-hydrogen) atoms. The maximum absolute atomic E-state index is 11.8. The summed E-state index contributed by atoms with van der Waals surface area (Å²) in [5.41, 5.74) is 0.515. The summed E-state index contributed by atoms with van der Waals surface area (Å²) in [4.78, 5) is 25.3. The Labute approximate surface area is 139 Å². The summed E-state index contributed by atoms with van der Waals surface area (Å²) in [6, 6.07) is 4.87. The molecule has 1 rings (SSSR count). The first-order chi connectivity index (χ1) is 9.97. The van der Waals surface area contributed by atoms with Gasteiger partial charge in [-0.05, 0) is 32.0 Å². The van der Waals surface area contributed by atoms with Crippen molar-refractivity contribution in [2.24, 2.45) is 0 Å². The quantitative estimate of drug-likeness (QED) is 0.819. The Morgan fingerprint density at radius 1 is 1.19 bits per heavy atom. The fourth-order valence-electron chi connectivity index (χ4n) is 1.68. The number of amides is 2. The molecule has 0 aromatic heterocycles. The monoisotopic (exact) mass is 348 g/mol. The molecule has 0 aliphatic heterocycles. The van der Waals surface area contributed by atoms with Crippen LogP contribution in [-0.4, -0.2) is 41.3 Å². The van der Waals surface area contributed by atoms with Crippen molar-refractivity contribution in [2.45, 2.75) is 13.8 Å². The van der Waals surface area contributed by atoms with Gasteiger partial charge >= 0.3 is 0 Å². The fourth-order valence-corrected chi connectivity index (χ4v) is 2.85. The highest BCUT2D eigenvalue weighted by Crippen LogP contribution is 2.25. The van der Waals surface area contributed by atoms with Gasteiger partial charge in [0.15, 0.2) is 0 Å². The first kappa shape index (κ1) is 18.1. The largest absolute Gasteiger partial charge is 0.343 e. The maximum atomic E-state index is 11.8. The van der Waals surface area contributed by atoms with E-state index < -0.39 is 0 Å². The van der Waals surface area contributed by atoms with E-state index in [0.29, 0.717) is 34.6 Å². The van der Waals surface area contributed by atoms with E-state index in [9.17, 15) is 9.59 Å². The zero-order valence-corrected chi connectivity index (χ0v) is 14.3. The molecule has 0 saturated carbocycles. The van der Waals surface area contributed by atoms with E-state index in [2.05, 4.69) is 5.32 Å². The summed E-state index contributed by atoms with van der Waals surface area (Å²) >= 11 is 13.0. The van der Waals surface area contributed by atoms with Gasteiger partial charge in [0.05, 0.1) is 22.2 Å². The second-order valence-electron chi connectivity index (χ2n) is 4.23. The molecule has 7 heteroatoms. The van der Waals surface area contributed by atoms with Crippen LogP contribution in [0.5, 0.6) is 0 Å². The molecule has 0 spiro atoms. The summed E-state index contributed by atoms with van der Waals surface area (Å²) in [5.74, 6) is 0.342. The van der Waals surface area contributed by atoms with Crippen LogP contribution >= 0.6 is 35.0 Å². The van der Waals surface area contributed by atoms with Crippen LogP contribution in [-0.2, 0) is 9.59 Å². The van der Waals surface area contributed by atoms with Crippen molar-refractivity contribution in [1.82, 2.24) is 4.90 Å². The van der Waals surface area contributed by atoms with E-state index in [4.69, 9.17) is 23.2 Å². The van der Waals surface area contributed by atoms with Crippen molar-refractivity contribution < 1.29 is 9.59 Å². The Morgan fingerprint density at radius 3 is 2.43 bits per heavy atom. The molecular weight excluding hydrogens is 331 g/mol. The topological polar surface area (TPSA) is 49.4 Å². The van der Waals surface area contributed by atoms with E-state index in [-0.39, 0.29) is 17.6 Å². The molecule has 4 nitrogen and oxygen atoms in total. The first-order valence-electron chi connectivity index (χ1n) is 6.58. The van der Waals surface area contributed by atoms with Crippen LogP contribution in [0.4, 0.5) is 5.69 Å². The molecule has 2 amide bonds. The smallest absolute Gasteiger partial charge is 0.234 e. The predicted octanol–water partition coefficient (Wildman–Crippen LogP) is 3.53.